The van der Waals surface area contributed by atoms with E-state index in [1.54, 1.807) is 30.0 Å². The third-order valence-corrected chi connectivity index (χ3v) is 11.2. The lowest BCUT2D eigenvalue weighted by Gasteiger charge is -2.33. The van der Waals surface area contributed by atoms with Gasteiger partial charge in [-0.25, -0.2) is 0 Å². The van der Waals surface area contributed by atoms with E-state index in [0.717, 1.165) is 48.3 Å². The van der Waals surface area contributed by atoms with E-state index in [9.17, 15) is 24.0 Å². The van der Waals surface area contributed by atoms with Gasteiger partial charge in [-0.3, -0.25) is 33.8 Å². The molecule has 4 aromatic rings. The van der Waals surface area contributed by atoms with Crippen molar-refractivity contribution in [3.63, 3.8) is 0 Å². The molecule has 4 heterocycles. The number of anilines is 2. The fraction of sp³-hybridized carbons (Fsp3) is 0.405. The van der Waals surface area contributed by atoms with Gasteiger partial charge in [-0.2, -0.15) is 0 Å². The Morgan fingerprint density at radius 1 is 0.661 bits per heavy atom. The first-order valence-corrected chi connectivity index (χ1v) is 19.5. The Hall–Kier alpha value is -5.41. The average Bonchev–Trinajstić information content (AvgIpc) is 3.23. The molecule has 0 radical (unpaired) electrons. The van der Waals surface area contributed by atoms with Crippen LogP contribution in [0, 0.1) is 0 Å². The zero-order chi connectivity index (χ0) is 38.9. The molecule has 4 aromatic carbocycles. The summed E-state index contributed by atoms with van der Waals surface area (Å²) in [5, 5.41) is 6.41. The van der Waals surface area contributed by atoms with Crippen LogP contribution in [0.25, 0.3) is 21.5 Å². The van der Waals surface area contributed by atoms with Crippen LogP contribution in [-0.4, -0.2) is 142 Å². The predicted octanol–water partition coefficient (Wildman–Crippen LogP) is 2.71. The summed E-state index contributed by atoms with van der Waals surface area (Å²) in [6.45, 7) is 8.59. The van der Waals surface area contributed by atoms with Crippen LogP contribution >= 0.6 is 0 Å². The van der Waals surface area contributed by atoms with E-state index in [4.69, 9.17) is 15.2 Å². The van der Waals surface area contributed by atoms with E-state index in [1.807, 2.05) is 42.5 Å². The molecule has 1 atom stereocenters. The fourth-order valence-corrected chi connectivity index (χ4v) is 8.38. The maximum absolute atomic E-state index is 13.8. The van der Waals surface area contributed by atoms with Gasteiger partial charge < -0.3 is 35.2 Å². The molecule has 5 amide bonds. The highest BCUT2D eigenvalue weighted by Crippen LogP contribution is 2.38. The highest BCUT2D eigenvalue weighted by atomic mass is 16.5. The van der Waals surface area contributed by atoms with Crippen LogP contribution in [0.1, 0.15) is 54.8 Å². The molecule has 292 valence electrons. The number of nitrogens with two attached hydrogens (primary N) is 1. The number of amides is 5. The molecule has 2 saturated heterocycles. The van der Waals surface area contributed by atoms with Crippen molar-refractivity contribution in [2.24, 2.45) is 5.73 Å². The van der Waals surface area contributed by atoms with Gasteiger partial charge in [-0.1, -0.05) is 24.3 Å². The van der Waals surface area contributed by atoms with Gasteiger partial charge in [0.2, 0.25) is 5.91 Å². The standard InChI is InChI=1S/C42H47N7O7/c1-27(43)38(50)47(17-18-49-40(52)31-8-3-6-29-35(46-21-25-56-26-22-46)12-10-33(37(29)31)42(49)54)15-4-13-44-14-16-48-39(51)30-7-2-5-28-34(45-19-23-55-24-20-45)11-9-32(36(28)30)41(48)53/h2-3,5-12,27,44H,4,13-26,43H2,1H3/t27-/m0/s1. The van der Waals surface area contributed by atoms with Gasteiger partial charge in [-0.15, -0.1) is 0 Å². The molecule has 0 spiro atoms. The van der Waals surface area contributed by atoms with Gasteiger partial charge in [0.05, 0.1) is 32.5 Å². The first kappa shape index (κ1) is 37.5. The Kier molecular flexibility index (Phi) is 10.7. The maximum Gasteiger partial charge on any atom is 0.261 e. The van der Waals surface area contributed by atoms with Gasteiger partial charge in [0.25, 0.3) is 23.6 Å². The highest BCUT2D eigenvalue weighted by Gasteiger charge is 2.36. The number of benzene rings is 4. The Morgan fingerprint density at radius 3 is 1.61 bits per heavy atom. The molecule has 0 aliphatic carbocycles. The smallest absolute Gasteiger partial charge is 0.261 e. The van der Waals surface area contributed by atoms with Gasteiger partial charge >= 0.3 is 0 Å². The van der Waals surface area contributed by atoms with Crippen molar-refractivity contribution >= 4 is 62.5 Å². The zero-order valence-electron chi connectivity index (χ0n) is 31.6. The van der Waals surface area contributed by atoms with Crippen LogP contribution in [0.2, 0.25) is 0 Å². The monoisotopic (exact) mass is 761 g/mol. The van der Waals surface area contributed by atoms with Gasteiger partial charge in [0.1, 0.15) is 0 Å². The minimum atomic E-state index is -0.766. The summed E-state index contributed by atoms with van der Waals surface area (Å²) < 4.78 is 11.0. The summed E-state index contributed by atoms with van der Waals surface area (Å²) in [5.41, 5.74) is 9.94. The Morgan fingerprint density at radius 2 is 1.12 bits per heavy atom. The molecule has 0 bridgehead atoms. The molecule has 0 aromatic heterocycles. The summed E-state index contributed by atoms with van der Waals surface area (Å²) in [4.78, 5) is 76.6. The molecule has 0 saturated carbocycles. The summed E-state index contributed by atoms with van der Waals surface area (Å²) in [7, 11) is 0. The van der Waals surface area contributed by atoms with Gasteiger partial charge in [0, 0.05) is 114 Å². The van der Waals surface area contributed by atoms with Crippen LogP contribution in [0.3, 0.4) is 0 Å². The number of nitrogens with one attached hydrogen (secondary N) is 1. The van der Waals surface area contributed by atoms with E-state index in [0.29, 0.717) is 85.5 Å². The van der Waals surface area contributed by atoms with Crippen molar-refractivity contribution in [1.82, 2.24) is 20.0 Å². The lowest BCUT2D eigenvalue weighted by atomic mass is 9.92. The lowest BCUT2D eigenvalue weighted by molar-refractivity contribution is -0.132. The molecular weight excluding hydrogens is 715 g/mol. The second-order valence-corrected chi connectivity index (χ2v) is 14.7. The molecule has 4 aliphatic rings. The summed E-state index contributed by atoms with van der Waals surface area (Å²) in [5.74, 6) is -1.70. The Labute approximate surface area is 325 Å². The minimum Gasteiger partial charge on any atom is -0.378 e. The van der Waals surface area contributed by atoms with Crippen molar-refractivity contribution in [1.29, 1.82) is 0 Å². The van der Waals surface area contributed by atoms with Crippen LogP contribution in [-0.2, 0) is 14.3 Å². The summed E-state index contributed by atoms with van der Waals surface area (Å²) >= 11 is 0. The van der Waals surface area contributed by atoms with Crippen LogP contribution in [0.15, 0.2) is 60.7 Å². The van der Waals surface area contributed by atoms with E-state index >= 15 is 0 Å². The number of morpholine rings is 2. The first-order chi connectivity index (χ1) is 27.2. The summed E-state index contributed by atoms with van der Waals surface area (Å²) in [6, 6.07) is 17.9. The Balaban J connectivity index is 0.872. The van der Waals surface area contributed by atoms with Gasteiger partial charge in [0.15, 0.2) is 0 Å². The molecule has 0 unspecified atom stereocenters. The quantitative estimate of drug-likeness (QED) is 0.153. The van der Waals surface area contributed by atoms with E-state index in [-0.39, 0.29) is 49.2 Å². The topological polar surface area (TPSA) is 158 Å². The molecule has 4 aliphatic heterocycles. The van der Waals surface area contributed by atoms with Crippen molar-refractivity contribution in [2.45, 2.75) is 19.4 Å². The summed E-state index contributed by atoms with van der Waals surface area (Å²) in [6.07, 6.45) is 0.543. The number of nitrogens with zero attached hydrogens (tertiary/aromatic N) is 5. The molecular formula is C42H47N7O7. The average molecular weight is 762 g/mol. The van der Waals surface area contributed by atoms with Crippen molar-refractivity contribution in [3.8, 4) is 0 Å². The number of rotatable bonds is 13. The third-order valence-electron chi connectivity index (χ3n) is 11.2. The third kappa shape index (κ3) is 6.87. The SMILES string of the molecule is C[C@H](N)C(=O)N(CCCNCCN1C(=O)c2cccc3c(N4CCOCC4)ccc(c23)C1=O)CCN1C(=O)c2cccc3c(N4CCOCC4)ccc(c23)C1=O. The van der Waals surface area contributed by atoms with Crippen molar-refractivity contribution in [3.05, 3.63) is 82.9 Å². The second-order valence-electron chi connectivity index (χ2n) is 14.7. The number of hydrogen-bond donors (Lipinski definition) is 2. The van der Waals surface area contributed by atoms with E-state index < -0.39 is 6.04 Å². The molecule has 14 nitrogen and oxygen atoms in total. The largest absolute Gasteiger partial charge is 0.378 e. The minimum absolute atomic E-state index is 0.0198. The first-order valence-electron chi connectivity index (χ1n) is 19.5. The number of carbonyl (C=O) groups is 5. The second kappa shape index (κ2) is 16.0. The molecule has 14 heteroatoms. The van der Waals surface area contributed by atoms with Crippen LogP contribution in [0.4, 0.5) is 11.4 Å². The van der Waals surface area contributed by atoms with E-state index in [1.165, 1.54) is 9.80 Å². The van der Waals surface area contributed by atoms with E-state index in [2.05, 4.69) is 15.1 Å². The molecule has 2 fully saturated rings. The highest BCUT2D eigenvalue weighted by molar-refractivity contribution is 6.28. The number of imide groups is 2. The number of ether oxygens (including phenoxy) is 2. The number of hydrogen-bond acceptors (Lipinski definition) is 11. The Bertz CT molecular complexity index is 2170. The predicted molar refractivity (Wildman–Crippen MR) is 212 cm³/mol. The van der Waals surface area contributed by atoms with Gasteiger partial charge in [-0.05, 0) is 56.3 Å². The fourth-order valence-electron chi connectivity index (χ4n) is 8.38. The normalized spacial score (nSPS) is 17.7. The zero-order valence-corrected chi connectivity index (χ0v) is 31.6. The van der Waals surface area contributed by atoms with Crippen LogP contribution in [0.5, 0.6) is 0 Å². The van der Waals surface area contributed by atoms with Crippen molar-refractivity contribution < 1.29 is 33.4 Å². The van der Waals surface area contributed by atoms with Crippen LogP contribution < -0.4 is 20.9 Å². The number of carbonyl (C=O) groups excluding carboxylic acids is 5. The molecule has 56 heavy (non-hydrogen) atoms. The maximum atomic E-state index is 13.8. The van der Waals surface area contributed by atoms with Crippen molar-refractivity contribution in [2.75, 3.05) is 102 Å². The molecule has 8 rings (SSSR count). The molecule has 3 N–H and O–H groups in total. The lowest BCUT2D eigenvalue weighted by Crippen LogP contribution is -2.49.